The zero-order valence-corrected chi connectivity index (χ0v) is 9.58. The van der Waals surface area contributed by atoms with E-state index in [-0.39, 0.29) is 13.2 Å². The number of carbonyl (C=O) groups is 1. The maximum atomic E-state index is 10.6. The fraction of sp³-hybridized carbons (Fsp3) is 0.300. The van der Waals surface area contributed by atoms with Crippen LogP contribution in [-0.2, 0) is 11.3 Å². The number of rotatable bonds is 5. The van der Waals surface area contributed by atoms with E-state index in [1.54, 1.807) is 12.1 Å². The van der Waals surface area contributed by atoms with Gasteiger partial charge in [0, 0.05) is 23.2 Å². The standard InChI is InChI=1S/C10H13ClN2O3/c1-15-8-3-7(11)2-6(4-12)10(8)16-5-9(13)14/h2-3H,4-5,12H2,1H3,(H2,13,14). The Morgan fingerprint density at radius 3 is 2.69 bits per heavy atom. The van der Waals surface area contributed by atoms with Crippen molar-refractivity contribution < 1.29 is 14.3 Å². The third-order valence-electron chi connectivity index (χ3n) is 1.90. The van der Waals surface area contributed by atoms with Crippen molar-refractivity contribution in [1.82, 2.24) is 0 Å². The molecule has 0 heterocycles. The molecule has 1 aromatic carbocycles. The Morgan fingerprint density at radius 2 is 2.19 bits per heavy atom. The summed E-state index contributed by atoms with van der Waals surface area (Å²) in [4.78, 5) is 10.6. The minimum absolute atomic E-state index is 0.227. The Kier molecular flexibility index (Phi) is 4.39. The molecule has 0 aliphatic rings. The van der Waals surface area contributed by atoms with Gasteiger partial charge in [0.15, 0.2) is 18.1 Å². The topological polar surface area (TPSA) is 87.6 Å². The first-order chi connectivity index (χ1) is 7.58. The summed E-state index contributed by atoms with van der Waals surface area (Å²) in [7, 11) is 1.48. The van der Waals surface area contributed by atoms with Gasteiger partial charge in [-0.1, -0.05) is 11.6 Å². The van der Waals surface area contributed by atoms with Gasteiger partial charge in [-0.25, -0.2) is 0 Å². The van der Waals surface area contributed by atoms with E-state index < -0.39 is 5.91 Å². The molecule has 0 saturated carbocycles. The van der Waals surface area contributed by atoms with Crippen molar-refractivity contribution in [2.45, 2.75) is 6.54 Å². The van der Waals surface area contributed by atoms with Gasteiger partial charge in [-0.15, -0.1) is 0 Å². The summed E-state index contributed by atoms with van der Waals surface area (Å²) < 4.78 is 10.3. The summed E-state index contributed by atoms with van der Waals surface area (Å²) in [5, 5.41) is 0.490. The van der Waals surface area contributed by atoms with E-state index in [1.165, 1.54) is 7.11 Å². The molecular weight excluding hydrogens is 232 g/mol. The number of carbonyl (C=O) groups excluding carboxylic acids is 1. The molecule has 0 aliphatic carbocycles. The smallest absolute Gasteiger partial charge is 0.255 e. The molecule has 6 heteroatoms. The third kappa shape index (κ3) is 3.01. The maximum Gasteiger partial charge on any atom is 0.255 e. The summed E-state index contributed by atoms with van der Waals surface area (Å²) in [5.41, 5.74) is 11.2. The molecule has 0 saturated heterocycles. The highest BCUT2D eigenvalue weighted by molar-refractivity contribution is 6.30. The van der Waals surface area contributed by atoms with E-state index in [4.69, 9.17) is 32.5 Å². The first-order valence-electron chi connectivity index (χ1n) is 4.56. The quantitative estimate of drug-likeness (QED) is 0.797. The monoisotopic (exact) mass is 244 g/mol. The lowest BCUT2D eigenvalue weighted by molar-refractivity contribution is -0.119. The van der Waals surface area contributed by atoms with Gasteiger partial charge in [-0.2, -0.15) is 0 Å². The van der Waals surface area contributed by atoms with Crippen LogP contribution >= 0.6 is 11.6 Å². The minimum Gasteiger partial charge on any atom is -0.493 e. The van der Waals surface area contributed by atoms with Crippen LogP contribution in [0.2, 0.25) is 5.02 Å². The highest BCUT2D eigenvalue weighted by atomic mass is 35.5. The predicted molar refractivity (Wildman–Crippen MR) is 60.6 cm³/mol. The van der Waals surface area contributed by atoms with E-state index >= 15 is 0 Å². The summed E-state index contributed by atoms with van der Waals surface area (Å²) >= 11 is 5.86. The van der Waals surface area contributed by atoms with Crippen LogP contribution in [-0.4, -0.2) is 19.6 Å². The van der Waals surface area contributed by atoms with Crippen molar-refractivity contribution in [3.05, 3.63) is 22.7 Å². The fourth-order valence-electron chi connectivity index (χ4n) is 1.23. The van der Waals surface area contributed by atoms with Crippen LogP contribution in [0.3, 0.4) is 0 Å². The van der Waals surface area contributed by atoms with Gasteiger partial charge >= 0.3 is 0 Å². The average molecular weight is 245 g/mol. The van der Waals surface area contributed by atoms with Crippen LogP contribution in [0.1, 0.15) is 5.56 Å². The molecule has 4 N–H and O–H groups in total. The van der Waals surface area contributed by atoms with E-state index in [2.05, 4.69) is 0 Å². The number of halogens is 1. The second-order valence-corrected chi connectivity index (χ2v) is 3.49. The number of ether oxygens (including phenoxy) is 2. The molecule has 88 valence electrons. The normalized spacial score (nSPS) is 9.94. The number of hydrogen-bond donors (Lipinski definition) is 2. The van der Waals surface area contributed by atoms with Crippen molar-refractivity contribution in [2.24, 2.45) is 11.5 Å². The Bertz CT molecular complexity index is 371. The fourth-order valence-corrected chi connectivity index (χ4v) is 1.46. The minimum atomic E-state index is -0.569. The van der Waals surface area contributed by atoms with Crippen LogP contribution in [0.15, 0.2) is 12.1 Å². The van der Waals surface area contributed by atoms with Crippen molar-refractivity contribution in [2.75, 3.05) is 13.7 Å². The van der Waals surface area contributed by atoms with E-state index in [9.17, 15) is 4.79 Å². The molecule has 0 atom stereocenters. The Hall–Kier alpha value is -1.46. The first-order valence-corrected chi connectivity index (χ1v) is 4.93. The van der Waals surface area contributed by atoms with Gasteiger partial charge < -0.3 is 20.9 Å². The van der Waals surface area contributed by atoms with Crippen molar-refractivity contribution >= 4 is 17.5 Å². The Morgan fingerprint density at radius 1 is 1.50 bits per heavy atom. The molecule has 0 bridgehead atoms. The van der Waals surface area contributed by atoms with Crippen LogP contribution in [0.25, 0.3) is 0 Å². The largest absolute Gasteiger partial charge is 0.493 e. The van der Waals surface area contributed by atoms with Gasteiger partial charge in [0.05, 0.1) is 7.11 Å². The van der Waals surface area contributed by atoms with Gasteiger partial charge in [-0.3, -0.25) is 4.79 Å². The Balaban J connectivity index is 3.06. The molecule has 0 unspecified atom stereocenters. The second kappa shape index (κ2) is 5.58. The van der Waals surface area contributed by atoms with Gasteiger partial charge in [-0.05, 0) is 6.07 Å². The summed E-state index contributed by atoms with van der Waals surface area (Å²) in [6.07, 6.45) is 0. The predicted octanol–water partition coefficient (Wildman–Crippen LogP) is 0.671. The third-order valence-corrected chi connectivity index (χ3v) is 2.11. The molecule has 0 fully saturated rings. The number of hydrogen-bond acceptors (Lipinski definition) is 4. The highest BCUT2D eigenvalue weighted by Gasteiger charge is 2.12. The number of amides is 1. The van der Waals surface area contributed by atoms with Crippen molar-refractivity contribution in [1.29, 1.82) is 0 Å². The SMILES string of the molecule is COc1cc(Cl)cc(CN)c1OCC(N)=O. The molecule has 0 spiro atoms. The number of benzene rings is 1. The molecule has 0 aromatic heterocycles. The van der Waals surface area contributed by atoms with Gasteiger partial charge in [0.2, 0.25) is 0 Å². The van der Waals surface area contributed by atoms with Crippen molar-refractivity contribution in [3.63, 3.8) is 0 Å². The molecule has 1 aromatic rings. The lowest BCUT2D eigenvalue weighted by Crippen LogP contribution is -2.21. The molecule has 0 radical (unpaired) electrons. The van der Waals surface area contributed by atoms with Crippen LogP contribution < -0.4 is 20.9 Å². The molecular formula is C10H13ClN2O3. The van der Waals surface area contributed by atoms with Gasteiger partial charge in [0.25, 0.3) is 5.91 Å². The molecule has 1 rings (SSSR count). The Labute approximate surface area is 98.3 Å². The lowest BCUT2D eigenvalue weighted by Gasteiger charge is -2.13. The molecule has 1 amide bonds. The maximum absolute atomic E-state index is 10.6. The van der Waals surface area contributed by atoms with Crippen molar-refractivity contribution in [3.8, 4) is 11.5 Å². The number of methoxy groups -OCH3 is 1. The lowest BCUT2D eigenvalue weighted by atomic mass is 10.2. The highest BCUT2D eigenvalue weighted by Crippen LogP contribution is 2.34. The summed E-state index contributed by atoms with van der Waals surface area (Å²) in [5.74, 6) is 0.252. The molecule has 5 nitrogen and oxygen atoms in total. The number of nitrogens with two attached hydrogens (primary N) is 2. The first kappa shape index (κ1) is 12.6. The molecule has 0 aliphatic heterocycles. The van der Waals surface area contributed by atoms with E-state index in [0.29, 0.717) is 22.1 Å². The van der Waals surface area contributed by atoms with Gasteiger partial charge in [0.1, 0.15) is 0 Å². The summed E-state index contributed by atoms with van der Waals surface area (Å²) in [6, 6.07) is 3.23. The number of primary amides is 1. The van der Waals surface area contributed by atoms with Crippen LogP contribution in [0.4, 0.5) is 0 Å². The van der Waals surface area contributed by atoms with Crippen LogP contribution in [0.5, 0.6) is 11.5 Å². The molecule has 16 heavy (non-hydrogen) atoms. The van der Waals surface area contributed by atoms with E-state index in [0.717, 1.165) is 0 Å². The van der Waals surface area contributed by atoms with E-state index in [1.807, 2.05) is 0 Å². The second-order valence-electron chi connectivity index (χ2n) is 3.06. The average Bonchev–Trinajstić information content (AvgIpc) is 2.25. The van der Waals surface area contributed by atoms with Crippen LogP contribution in [0, 0.1) is 0 Å². The zero-order chi connectivity index (χ0) is 12.1. The summed E-state index contributed by atoms with van der Waals surface area (Å²) in [6.45, 7) is -0.00396. The zero-order valence-electron chi connectivity index (χ0n) is 8.83.